The zero-order valence-electron chi connectivity index (χ0n) is 7.46. The Balaban J connectivity index is 2.21. The van der Waals surface area contributed by atoms with E-state index in [2.05, 4.69) is 20.5 Å². The lowest BCUT2D eigenvalue weighted by atomic mass is 10.3. The summed E-state index contributed by atoms with van der Waals surface area (Å²) in [5.41, 5.74) is 0.606. The molecule has 0 spiro atoms. The molecule has 1 aromatic carbocycles. The zero-order chi connectivity index (χ0) is 10.7. The first kappa shape index (κ1) is 9.67. The zero-order valence-corrected chi connectivity index (χ0v) is 8.22. The lowest BCUT2D eigenvalue weighted by Crippen LogP contribution is -1.90. The molecule has 0 aromatic heterocycles. The minimum atomic E-state index is -0.570. The standard InChI is InChI=1S/C9H5ClN4O/c10-8-7(9(15)14-13-8)12-11-6-4-2-1-3-5-6/h1-5H. The second-order valence-electron chi connectivity index (χ2n) is 2.68. The van der Waals surface area contributed by atoms with Gasteiger partial charge in [-0.15, -0.1) is 15.3 Å². The Morgan fingerprint density at radius 3 is 2.40 bits per heavy atom. The van der Waals surface area contributed by atoms with Crippen LogP contribution in [0, 0.1) is 0 Å². The fourth-order valence-electron chi connectivity index (χ4n) is 0.959. The van der Waals surface area contributed by atoms with Gasteiger partial charge in [0.05, 0.1) is 5.69 Å². The summed E-state index contributed by atoms with van der Waals surface area (Å²) in [5.74, 6) is -0.570. The molecule has 2 rings (SSSR count). The van der Waals surface area contributed by atoms with Gasteiger partial charge >= 0.3 is 5.91 Å². The van der Waals surface area contributed by atoms with Crippen LogP contribution in [-0.4, -0.2) is 5.91 Å². The predicted molar refractivity (Wildman–Crippen MR) is 53.7 cm³/mol. The first-order chi connectivity index (χ1) is 7.27. The minimum absolute atomic E-state index is 0.0273. The van der Waals surface area contributed by atoms with Crippen LogP contribution in [0.3, 0.4) is 0 Å². The maximum atomic E-state index is 11.0. The Kier molecular flexibility index (Phi) is 2.64. The molecule has 5 nitrogen and oxygen atoms in total. The molecule has 0 saturated carbocycles. The van der Waals surface area contributed by atoms with Gasteiger partial charge in [0, 0.05) is 0 Å². The second kappa shape index (κ2) is 4.10. The van der Waals surface area contributed by atoms with Gasteiger partial charge in [0.15, 0.2) is 10.9 Å². The summed E-state index contributed by atoms with van der Waals surface area (Å²) >= 11 is 5.58. The van der Waals surface area contributed by atoms with Crippen LogP contribution in [0.15, 0.2) is 61.6 Å². The Labute approximate surface area is 90.2 Å². The topological polar surface area (TPSA) is 66.5 Å². The van der Waals surface area contributed by atoms with E-state index in [-0.39, 0.29) is 10.9 Å². The van der Waals surface area contributed by atoms with Gasteiger partial charge in [0.25, 0.3) is 0 Å². The normalized spacial score (nSPS) is 15.7. The minimum Gasteiger partial charge on any atom is -0.263 e. The van der Waals surface area contributed by atoms with E-state index in [1.54, 1.807) is 12.1 Å². The lowest BCUT2D eigenvalue weighted by molar-refractivity contribution is -0.114. The van der Waals surface area contributed by atoms with E-state index in [4.69, 9.17) is 11.6 Å². The first-order valence-corrected chi connectivity index (χ1v) is 4.48. The molecule has 0 bridgehead atoms. The fraction of sp³-hybridized carbons (Fsp3) is 0. The molecule has 1 heterocycles. The molecule has 0 unspecified atom stereocenters. The molecule has 0 aliphatic carbocycles. The van der Waals surface area contributed by atoms with Crippen LogP contribution in [0.2, 0.25) is 0 Å². The maximum absolute atomic E-state index is 11.0. The number of nitrogens with zero attached hydrogens (tertiary/aromatic N) is 4. The monoisotopic (exact) mass is 220 g/mol. The smallest absolute Gasteiger partial charge is 0.263 e. The van der Waals surface area contributed by atoms with E-state index < -0.39 is 5.91 Å². The quantitative estimate of drug-likeness (QED) is 0.558. The van der Waals surface area contributed by atoms with Crippen molar-refractivity contribution >= 4 is 23.2 Å². The molecule has 1 aromatic rings. The molecule has 74 valence electrons. The van der Waals surface area contributed by atoms with E-state index in [9.17, 15) is 4.79 Å². The number of carbonyl (C=O) groups is 1. The van der Waals surface area contributed by atoms with Gasteiger partial charge in [0.2, 0.25) is 0 Å². The van der Waals surface area contributed by atoms with E-state index in [0.717, 1.165) is 0 Å². The number of halogens is 1. The van der Waals surface area contributed by atoms with Gasteiger partial charge < -0.3 is 0 Å². The summed E-state index contributed by atoms with van der Waals surface area (Å²) in [5, 5.41) is 14.1. The SMILES string of the molecule is O=C1N=NC(Cl)=C1N=Nc1ccccc1. The number of carbonyl (C=O) groups excluding carboxylic acids is 1. The summed E-state index contributed by atoms with van der Waals surface area (Å²) in [7, 11) is 0. The average Bonchev–Trinajstić information content (AvgIpc) is 2.58. The van der Waals surface area contributed by atoms with Gasteiger partial charge in [-0.2, -0.15) is 5.11 Å². The van der Waals surface area contributed by atoms with Crippen molar-refractivity contribution in [3.05, 3.63) is 41.2 Å². The van der Waals surface area contributed by atoms with Crippen LogP contribution in [-0.2, 0) is 4.79 Å². The second-order valence-corrected chi connectivity index (χ2v) is 3.04. The van der Waals surface area contributed by atoms with Crippen molar-refractivity contribution in [2.45, 2.75) is 0 Å². The molecule has 0 saturated heterocycles. The fourth-order valence-corrected chi connectivity index (χ4v) is 1.12. The number of benzene rings is 1. The molecule has 0 atom stereocenters. The van der Waals surface area contributed by atoms with Crippen LogP contribution in [0.25, 0.3) is 0 Å². The van der Waals surface area contributed by atoms with Gasteiger partial charge in [-0.3, -0.25) is 4.79 Å². The predicted octanol–water partition coefficient (Wildman–Crippen LogP) is 3.17. The van der Waals surface area contributed by atoms with Gasteiger partial charge in [-0.25, -0.2) is 0 Å². The van der Waals surface area contributed by atoms with E-state index in [1.807, 2.05) is 18.2 Å². The first-order valence-electron chi connectivity index (χ1n) is 4.10. The van der Waals surface area contributed by atoms with E-state index in [1.165, 1.54) is 0 Å². The summed E-state index contributed by atoms with van der Waals surface area (Å²) in [6.07, 6.45) is 0. The van der Waals surface area contributed by atoms with Crippen molar-refractivity contribution in [1.82, 2.24) is 0 Å². The molecule has 0 radical (unpaired) electrons. The van der Waals surface area contributed by atoms with Crippen LogP contribution in [0.5, 0.6) is 0 Å². The Hall–Kier alpha value is -1.88. The maximum Gasteiger partial charge on any atom is 0.319 e. The van der Waals surface area contributed by atoms with Crippen LogP contribution in [0.4, 0.5) is 5.69 Å². The molecule has 6 heteroatoms. The van der Waals surface area contributed by atoms with Crippen molar-refractivity contribution in [3.8, 4) is 0 Å². The molecular weight excluding hydrogens is 216 g/mol. The molecule has 1 aliphatic heterocycles. The molecular formula is C9H5ClN4O. The largest absolute Gasteiger partial charge is 0.319 e. The highest BCUT2D eigenvalue weighted by Gasteiger charge is 2.19. The number of hydrogen-bond acceptors (Lipinski definition) is 4. The van der Waals surface area contributed by atoms with Gasteiger partial charge in [0.1, 0.15) is 0 Å². The van der Waals surface area contributed by atoms with Crippen molar-refractivity contribution in [2.75, 3.05) is 0 Å². The highest BCUT2D eigenvalue weighted by atomic mass is 35.5. The van der Waals surface area contributed by atoms with Gasteiger partial charge in [-0.1, -0.05) is 29.8 Å². The number of hydrogen-bond donors (Lipinski definition) is 0. The third-order valence-electron chi connectivity index (χ3n) is 1.65. The highest BCUT2D eigenvalue weighted by Crippen LogP contribution is 2.22. The third kappa shape index (κ3) is 2.13. The van der Waals surface area contributed by atoms with Crippen LogP contribution >= 0.6 is 11.6 Å². The van der Waals surface area contributed by atoms with E-state index >= 15 is 0 Å². The molecule has 15 heavy (non-hydrogen) atoms. The number of azo groups is 2. The summed E-state index contributed by atoms with van der Waals surface area (Å²) < 4.78 is 0. The summed E-state index contributed by atoms with van der Waals surface area (Å²) in [4.78, 5) is 11.0. The molecule has 1 aliphatic rings. The molecule has 0 N–H and O–H groups in total. The molecule has 0 fully saturated rings. The summed E-state index contributed by atoms with van der Waals surface area (Å²) in [6, 6.07) is 9.00. The molecule has 1 amide bonds. The Bertz CT molecular complexity index is 478. The van der Waals surface area contributed by atoms with Crippen LogP contribution in [0.1, 0.15) is 0 Å². The Morgan fingerprint density at radius 2 is 1.80 bits per heavy atom. The Morgan fingerprint density at radius 1 is 1.07 bits per heavy atom. The number of amides is 1. The van der Waals surface area contributed by atoms with E-state index in [0.29, 0.717) is 5.69 Å². The van der Waals surface area contributed by atoms with Crippen molar-refractivity contribution in [3.63, 3.8) is 0 Å². The van der Waals surface area contributed by atoms with Crippen molar-refractivity contribution in [2.24, 2.45) is 20.5 Å². The van der Waals surface area contributed by atoms with Crippen molar-refractivity contribution in [1.29, 1.82) is 0 Å². The average molecular weight is 221 g/mol. The number of rotatable bonds is 2. The van der Waals surface area contributed by atoms with Crippen molar-refractivity contribution < 1.29 is 4.79 Å². The summed E-state index contributed by atoms with van der Waals surface area (Å²) in [6.45, 7) is 0. The van der Waals surface area contributed by atoms with Gasteiger partial charge in [-0.05, 0) is 12.1 Å². The lowest BCUT2D eigenvalue weighted by Gasteiger charge is -1.90. The highest BCUT2D eigenvalue weighted by molar-refractivity contribution is 6.32. The van der Waals surface area contributed by atoms with Crippen LogP contribution < -0.4 is 0 Å². The third-order valence-corrected chi connectivity index (χ3v) is 1.90.